The maximum atomic E-state index is 12.2. The number of fused-ring (bicyclic) bond motifs is 1. The molecule has 0 saturated carbocycles. The van der Waals surface area contributed by atoms with E-state index in [9.17, 15) is 4.79 Å². The first-order chi connectivity index (χ1) is 12.3. The minimum Gasteiger partial charge on any atom is -0.494 e. The van der Waals surface area contributed by atoms with E-state index in [-0.39, 0.29) is 5.97 Å². The van der Waals surface area contributed by atoms with Gasteiger partial charge in [0.2, 0.25) is 0 Å². The Morgan fingerprint density at radius 1 is 1.08 bits per heavy atom. The van der Waals surface area contributed by atoms with E-state index >= 15 is 0 Å². The lowest BCUT2D eigenvalue weighted by atomic mass is 9.82. The van der Waals surface area contributed by atoms with Crippen LogP contribution in [-0.2, 0) is 4.74 Å². The van der Waals surface area contributed by atoms with Crippen molar-refractivity contribution >= 4 is 5.97 Å². The van der Waals surface area contributed by atoms with E-state index in [0.29, 0.717) is 24.7 Å². The van der Waals surface area contributed by atoms with Gasteiger partial charge < -0.3 is 14.4 Å². The Morgan fingerprint density at radius 3 is 2.68 bits per heavy atom. The van der Waals surface area contributed by atoms with Gasteiger partial charge in [0.15, 0.2) is 0 Å². The van der Waals surface area contributed by atoms with E-state index < -0.39 is 0 Å². The van der Waals surface area contributed by atoms with E-state index in [1.165, 1.54) is 45.2 Å². The highest BCUT2D eigenvalue weighted by Gasteiger charge is 2.32. The van der Waals surface area contributed by atoms with Crippen molar-refractivity contribution in [3.8, 4) is 5.75 Å². The number of carbonyl (C=O) groups excluding carboxylic acids is 1. The second-order valence-corrected chi connectivity index (χ2v) is 7.30. The van der Waals surface area contributed by atoms with E-state index in [4.69, 9.17) is 9.47 Å². The number of nitrogens with zero attached hydrogens (tertiary/aromatic N) is 1. The number of ether oxygens (including phenoxy) is 2. The van der Waals surface area contributed by atoms with Crippen LogP contribution in [0, 0.1) is 5.92 Å². The molecule has 2 atom stereocenters. The molecule has 3 rings (SSSR count). The number of hydrogen-bond donors (Lipinski definition) is 0. The highest BCUT2D eigenvalue weighted by Crippen LogP contribution is 2.32. The summed E-state index contributed by atoms with van der Waals surface area (Å²) >= 11 is 0. The summed E-state index contributed by atoms with van der Waals surface area (Å²) in [6.45, 7) is 5.82. The molecule has 1 aromatic carbocycles. The molecule has 0 amide bonds. The van der Waals surface area contributed by atoms with Crippen LogP contribution in [0.3, 0.4) is 0 Å². The van der Waals surface area contributed by atoms with Gasteiger partial charge in [-0.25, -0.2) is 4.79 Å². The van der Waals surface area contributed by atoms with Gasteiger partial charge in [-0.15, -0.1) is 0 Å². The number of benzene rings is 1. The average molecular weight is 345 g/mol. The van der Waals surface area contributed by atoms with Crippen LogP contribution in [-0.4, -0.2) is 43.2 Å². The normalized spacial score (nSPS) is 23.7. The van der Waals surface area contributed by atoms with E-state index in [1.807, 2.05) is 12.1 Å². The third-order valence-electron chi connectivity index (χ3n) is 5.51. The van der Waals surface area contributed by atoms with E-state index in [2.05, 4.69) is 11.8 Å². The Bertz CT molecular complexity index is 541. The molecule has 2 aliphatic rings. The topological polar surface area (TPSA) is 38.8 Å². The second kappa shape index (κ2) is 9.23. The maximum Gasteiger partial charge on any atom is 0.338 e. The van der Waals surface area contributed by atoms with Gasteiger partial charge >= 0.3 is 5.97 Å². The number of rotatable bonds is 7. The average Bonchev–Trinajstić information content (AvgIpc) is 2.67. The first-order valence-corrected chi connectivity index (χ1v) is 9.92. The molecule has 2 heterocycles. The first kappa shape index (κ1) is 18.2. The van der Waals surface area contributed by atoms with E-state index in [0.717, 1.165) is 24.6 Å². The highest BCUT2D eigenvalue weighted by molar-refractivity contribution is 5.89. The number of hydrogen-bond acceptors (Lipinski definition) is 4. The van der Waals surface area contributed by atoms with Crippen LogP contribution in [0.1, 0.15) is 62.2 Å². The molecule has 0 aliphatic carbocycles. The zero-order chi connectivity index (χ0) is 17.5. The Kier molecular flexibility index (Phi) is 6.74. The SMILES string of the molecule is CCCOc1ccc(C(=O)OCC[C@H]2CCCN3CCCC[C@H]23)cc1. The fourth-order valence-corrected chi connectivity index (χ4v) is 4.21. The van der Waals surface area contributed by atoms with Crippen LogP contribution in [0.4, 0.5) is 0 Å². The Hall–Kier alpha value is -1.55. The van der Waals surface area contributed by atoms with Gasteiger partial charge in [-0.05, 0) is 81.8 Å². The monoisotopic (exact) mass is 345 g/mol. The summed E-state index contributed by atoms with van der Waals surface area (Å²) < 4.78 is 11.1. The van der Waals surface area contributed by atoms with Crippen molar-refractivity contribution in [2.24, 2.45) is 5.92 Å². The predicted molar refractivity (Wildman–Crippen MR) is 99.1 cm³/mol. The highest BCUT2D eigenvalue weighted by atomic mass is 16.5. The summed E-state index contributed by atoms with van der Waals surface area (Å²) in [4.78, 5) is 14.9. The largest absolute Gasteiger partial charge is 0.494 e. The van der Waals surface area contributed by atoms with Gasteiger partial charge in [0.25, 0.3) is 0 Å². The van der Waals surface area contributed by atoms with Crippen molar-refractivity contribution < 1.29 is 14.3 Å². The molecule has 0 bridgehead atoms. The summed E-state index contributed by atoms with van der Waals surface area (Å²) in [5.74, 6) is 1.27. The quantitative estimate of drug-likeness (QED) is 0.691. The fourth-order valence-electron chi connectivity index (χ4n) is 4.21. The maximum absolute atomic E-state index is 12.2. The minimum absolute atomic E-state index is 0.224. The third kappa shape index (κ3) is 4.97. The van der Waals surface area contributed by atoms with Crippen molar-refractivity contribution in [1.29, 1.82) is 0 Å². The molecule has 4 nitrogen and oxygen atoms in total. The van der Waals surface area contributed by atoms with Crippen molar-refractivity contribution in [3.63, 3.8) is 0 Å². The molecule has 0 aromatic heterocycles. The van der Waals surface area contributed by atoms with Crippen LogP contribution in [0.25, 0.3) is 0 Å². The molecular weight excluding hydrogens is 314 g/mol. The second-order valence-electron chi connectivity index (χ2n) is 7.30. The van der Waals surface area contributed by atoms with Crippen LogP contribution in [0.15, 0.2) is 24.3 Å². The van der Waals surface area contributed by atoms with Crippen molar-refractivity contribution in [1.82, 2.24) is 4.90 Å². The molecular formula is C21H31NO3. The predicted octanol–water partition coefficient (Wildman–Crippen LogP) is 4.29. The molecule has 4 heteroatoms. The molecule has 2 aliphatic heterocycles. The zero-order valence-electron chi connectivity index (χ0n) is 15.4. The smallest absolute Gasteiger partial charge is 0.338 e. The molecule has 1 aromatic rings. The molecule has 0 unspecified atom stereocenters. The Labute approximate surface area is 151 Å². The number of piperidine rings is 2. The summed E-state index contributed by atoms with van der Waals surface area (Å²) in [6.07, 6.45) is 8.54. The molecule has 25 heavy (non-hydrogen) atoms. The van der Waals surface area contributed by atoms with Crippen LogP contribution >= 0.6 is 0 Å². The zero-order valence-corrected chi connectivity index (χ0v) is 15.4. The standard InChI is InChI=1S/C21H31NO3/c1-2-15-24-19-10-8-18(9-11-19)21(23)25-16-12-17-6-5-14-22-13-4-3-7-20(17)22/h8-11,17,20H,2-7,12-16H2,1H3/t17-,20-/m1/s1. The van der Waals surface area contributed by atoms with Gasteiger partial charge in [-0.1, -0.05) is 13.3 Å². The molecule has 0 N–H and O–H groups in total. The Balaban J connectivity index is 1.44. The van der Waals surface area contributed by atoms with Gasteiger partial charge in [0.1, 0.15) is 5.75 Å². The molecule has 2 fully saturated rings. The van der Waals surface area contributed by atoms with Crippen LogP contribution in [0.5, 0.6) is 5.75 Å². The van der Waals surface area contributed by atoms with Crippen LogP contribution < -0.4 is 4.74 Å². The minimum atomic E-state index is -0.224. The van der Waals surface area contributed by atoms with Crippen molar-refractivity contribution in [2.75, 3.05) is 26.3 Å². The van der Waals surface area contributed by atoms with Crippen LogP contribution in [0.2, 0.25) is 0 Å². The number of carbonyl (C=O) groups is 1. The molecule has 2 saturated heterocycles. The lowest BCUT2D eigenvalue weighted by Crippen LogP contribution is -2.48. The summed E-state index contributed by atoms with van der Waals surface area (Å²) in [6, 6.07) is 7.98. The summed E-state index contributed by atoms with van der Waals surface area (Å²) in [7, 11) is 0. The van der Waals surface area contributed by atoms with Gasteiger partial charge in [-0.3, -0.25) is 0 Å². The van der Waals surface area contributed by atoms with Gasteiger partial charge in [-0.2, -0.15) is 0 Å². The molecule has 0 radical (unpaired) electrons. The molecule has 0 spiro atoms. The lowest BCUT2D eigenvalue weighted by molar-refractivity contribution is 0.0296. The summed E-state index contributed by atoms with van der Waals surface area (Å²) in [5.41, 5.74) is 0.604. The lowest BCUT2D eigenvalue weighted by Gasteiger charge is -2.44. The molecule has 138 valence electrons. The Morgan fingerprint density at radius 2 is 1.88 bits per heavy atom. The first-order valence-electron chi connectivity index (χ1n) is 9.92. The fraction of sp³-hybridized carbons (Fsp3) is 0.667. The van der Waals surface area contributed by atoms with E-state index in [1.54, 1.807) is 12.1 Å². The van der Waals surface area contributed by atoms with Crippen molar-refractivity contribution in [2.45, 2.75) is 57.9 Å². The van der Waals surface area contributed by atoms with Crippen molar-refractivity contribution in [3.05, 3.63) is 29.8 Å². The van der Waals surface area contributed by atoms with Gasteiger partial charge in [0, 0.05) is 6.04 Å². The number of esters is 1. The summed E-state index contributed by atoms with van der Waals surface area (Å²) in [5, 5.41) is 0. The third-order valence-corrected chi connectivity index (χ3v) is 5.51. The van der Waals surface area contributed by atoms with Gasteiger partial charge in [0.05, 0.1) is 18.8 Å².